The van der Waals surface area contributed by atoms with Crippen molar-refractivity contribution in [3.8, 4) is 0 Å². The zero-order chi connectivity index (χ0) is 10.1. The maximum atomic E-state index is 3.61. The summed E-state index contributed by atoms with van der Waals surface area (Å²) in [5.74, 6) is 0.715. The molecule has 2 heteroatoms. The highest BCUT2D eigenvalue weighted by atomic mass is 79.9. The van der Waals surface area contributed by atoms with Crippen molar-refractivity contribution in [2.45, 2.75) is 26.2 Å². The monoisotopic (exact) mass is 253 g/mol. The summed E-state index contributed by atoms with van der Waals surface area (Å²) < 4.78 is 1.24. The highest BCUT2D eigenvalue weighted by Crippen LogP contribution is 2.29. The van der Waals surface area contributed by atoms with Crippen LogP contribution in [-0.2, 0) is 0 Å². The number of aryl methyl sites for hydroxylation is 2. The summed E-state index contributed by atoms with van der Waals surface area (Å²) in [6.07, 6.45) is 1.27. The molecule has 76 valence electrons. The summed E-state index contributed by atoms with van der Waals surface area (Å²) >= 11 is 3.61. The fourth-order valence-corrected chi connectivity index (χ4v) is 2.56. The van der Waals surface area contributed by atoms with Gasteiger partial charge in [-0.25, -0.2) is 0 Å². The van der Waals surface area contributed by atoms with E-state index in [4.69, 9.17) is 0 Å². The van der Waals surface area contributed by atoms with Crippen LogP contribution in [0.4, 0.5) is 0 Å². The molecule has 0 bridgehead atoms. The molecule has 1 heterocycles. The van der Waals surface area contributed by atoms with Crippen molar-refractivity contribution < 1.29 is 0 Å². The van der Waals surface area contributed by atoms with Crippen molar-refractivity contribution in [1.29, 1.82) is 0 Å². The highest BCUT2D eigenvalue weighted by molar-refractivity contribution is 9.10. The molecule has 0 amide bonds. The van der Waals surface area contributed by atoms with Crippen LogP contribution in [0.3, 0.4) is 0 Å². The van der Waals surface area contributed by atoms with Crippen LogP contribution in [0, 0.1) is 13.8 Å². The van der Waals surface area contributed by atoms with Crippen LogP contribution in [0.25, 0.3) is 0 Å². The topological polar surface area (TPSA) is 12.0 Å². The molecule has 1 aliphatic rings. The van der Waals surface area contributed by atoms with Crippen LogP contribution in [0.15, 0.2) is 16.6 Å². The minimum absolute atomic E-state index is 0.715. The van der Waals surface area contributed by atoms with Crippen molar-refractivity contribution in [3.05, 3.63) is 33.3 Å². The minimum atomic E-state index is 0.715. The smallest absolute Gasteiger partial charge is 0.0207 e. The largest absolute Gasteiger partial charge is 0.316 e. The summed E-state index contributed by atoms with van der Waals surface area (Å²) in [5, 5.41) is 3.42. The first kappa shape index (κ1) is 10.2. The number of rotatable bonds is 1. The summed E-state index contributed by atoms with van der Waals surface area (Å²) in [7, 11) is 0. The molecular weight excluding hydrogens is 238 g/mol. The molecule has 1 aliphatic heterocycles. The third-order valence-corrected chi connectivity index (χ3v) is 3.90. The summed E-state index contributed by atoms with van der Waals surface area (Å²) in [4.78, 5) is 0. The van der Waals surface area contributed by atoms with Gasteiger partial charge in [-0.05, 0) is 55.5 Å². The van der Waals surface area contributed by atoms with Crippen LogP contribution in [-0.4, -0.2) is 13.1 Å². The molecule has 1 saturated heterocycles. The predicted octanol–water partition coefficient (Wildman–Crippen LogP) is 3.14. The molecule has 0 spiro atoms. The Hall–Kier alpha value is -0.340. The van der Waals surface area contributed by atoms with Gasteiger partial charge in [0.05, 0.1) is 0 Å². The first-order valence-corrected chi connectivity index (χ1v) is 5.95. The fourth-order valence-electron chi connectivity index (χ4n) is 2.20. The van der Waals surface area contributed by atoms with Gasteiger partial charge in [-0.3, -0.25) is 0 Å². The molecule has 14 heavy (non-hydrogen) atoms. The lowest BCUT2D eigenvalue weighted by atomic mass is 9.93. The average Bonchev–Trinajstić information content (AvgIpc) is 2.64. The summed E-state index contributed by atoms with van der Waals surface area (Å²) in [6, 6.07) is 4.57. The third-order valence-electron chi connectivity index (χ3n) is 3.05. The minimum Gasteiger partial charge on any atom is -0.316 e. The van der Waals surface area contributed by atoms with Gasteiger partial charge in [0.25, 0.3) is 0 Å². The van der Waals surface area contributed by atoms with Crippen LogP contribution in [0.1, 0.15) is 29.0 Å². The van der Waals surface area contributed by atoms with E-state index in [9.17, 15) is 0 Å². The van der Waals surface area contributed by atoms with Crippen LogP contribution in [0.5, 0.6) is 0 Å². The van der Waals surface area contributed by atoms with Gasteiger partial charge >= 0.3 is 0 Å². The maximum Gasteiger partial charge on any atom is 0.0207 e. The van der Waals surface area contributed by atoms with Crippen molar-refractivity contribution in [3.63, 3.8) is 0 Å². The fraction of sp³-hybridized carbons (Fsp3) is 0.500. The summed E-state index contributed by atoms with van der Waals surface area (Å²) in [6.45, 7) is 6.66. The molecule has 0 saturated carbocycles. The molecule has 1 fully saturated rings. The first-order valence-electron chi connectivity index (χ1n) is 5.16. The lowest BCUT2D eigenvalue weighted by molar-refractivity contribution is 0.756. The second kappa shape index (κ2) is 4.03. The van der Waals surface area contributed by atoms with Gasteiger partial charge in [0.1, 0.15) is 0 Å². The van der Waals surface area contributed by atoms with Crippen LogP contribution in [0.2, 0.25) is 0 Å². The normalized spacial score (nSPS) is 21.5. The highest BCUT2D eigenvalue weighted by Gasteiger charge is 2.18. The molecule has 2 rings (SSSR count). The van der Waals surface area contributed by atoms with Gasteiger partial charge in [-0.1, -0.05) is 22.0 Å². The van der Waals surface area contributed by atoms with Gasteiger partial charge < -0.3 is 5.32 Å². The van der Waals surface area contributed by atoms with Gasteiger partial charge in [0, 0.05) is 11.0 Å². The Morgan fingerprint density at radius 1 is 1.29 bits per heavy atom. The Morgan fingerprint density at radius 2 is 2.07 bits per heavy atom. The second-order valence-corrected chi connectivity index (χ2v) is 5.00. The molecule has 1 aromatic rings. The molecular formula is C12H16BrN. The van der Waals surface area contributed by atoms with Gasteiger partial charge in [0.15, 0.2) is 0 Å². The third kappa shape index (κ3) is 1.86. The van der Waals surface area contributed by atoms with E-state index in [2.05, 4.69) is 47.2 Å². The molecule has 1 atom stereocenters. The molecule has 1 N–H and O–H groups in total. The second-order valence-electron chi connectivity index (χ2n) is 4.15. The zero-order valence-corrected chi connectivity index (χ0v) is 10.3. The van der Waals surface area contributed by atoms with Crippen molar-refractivity contribution in [1.82, 2.24) is 5.32 Å². The van der Waals surface area contributed by atoms with Gasteiger partial charge in [-0.15, -0.1) is 0 Å². The Kier molecular flexibility index (Phi) is 2.93. The Labute approximate surface area is 94.0 Å². The van der Waals surface area contributed by atoms with Crippen molar-refractivity contribution in [2.24, 2.45) is 0 Å². The summed E-state index contributed by atoms with van der Waals surface area (Å²) in [5.41, 5.74) is 4.27. The van der Waals surface area contributed by atoms with Crippen LogP contribution >= 0.6 is 15.9 Å². The van der Waals surface area contributed by atoms with E-state index < -0.39 is 0 Å². The van der Waals surface area contributed by atoms with Crippen LogP contribution < -0.4 is 5.32 Å². The molecule has 0 radical (unpaired) electrons. The lowest BCUT2D eigenvalue weighted by Crippen LogP contribution is -2.08. The SMILES string of the molecule is Cc1cc(C)c(C2CCNC2)cc1Br. The Bertz CT molecular complexity index is 340. The van der Waals surface area contributed by atoms with Gasteiger partial charge in [0.2, 0.25) is 0 Å². The Morgan fingerprint density at radius 3 is 2.71 bits per heavy atom. The predicted molar refractivity (Wildman–Crippen MR) is 63.8 cm³/mol. The molecule has 0 aliphatic carbocycles. The first-order chi connectivity index (χ1) is 6.68. The lowest BCUT2D eigenvalue weighted by Gasteiger charge is -2.14. The Balaban J connectivity index is 2.37. The van der Waals surface area contributed by atoms with E-state index in [0.29, 0.717) is 5.92 Å². The molecule has 1 unspecified atom stereocenters. The average molecular weight is 254 g/mol. The van der Waals surface area contributed by atoms with Crippen molar-refractivity contribution in [2.75, 3.05) is 13.1 Å². The molecule has 1 aromatic carbocycles. The van der Waals surface area contributed by atoms with E-state index in [1.54, 1.807) is 0 Å². The number of halogens is 1. The standard InChI is InChI=1S/C12H16BrN/c1-8-5-9(2)12(13)6-11(8)10-3-4-14-7-10/h5-6,10,14H,3-4,7H2,1-2H3. The van der Waals surface area contributed by atoms with E-state index in [1.807, 2.05) is 0 Å². The molecule has 0 aromatic heterocycles. The van der Waals surface area contributed by atoms with Crippen molar-refractivity contribution >= 4 is 15.9 Å². The number of nitrogens with one attached hydrogen (secondary N) is 1. The molecule has 1 nitrogen and oxygen atoms in total. The van der Waals surface area contributed by atoms with Gasteiger partial charge in [-0.2, -0.15) is 0 Å². The number of hydrogen-bond donors (Lipinski definition) is 1. The number of hydrogen-bond acceptors (Lipinski definition) is 1. The van der Waals surface area contributed by atoms with E-state index in [0.717, 1.165) is 13.1 Å². The quantitative estimate of drug-likeness (QED) is 0.811. The number of benzene rings is 1. The zero-order valence-electron chi connectivity index (χ0n) is 8.73. The van der Waals surface area contributed by atoms with E-state index >= 15 is 0 Å². The van der Waals surface area contributed by atoms with E-state index in [1.165, 1.54) is 27.6 Å². The van der Waals surface area contributed by atoms with E-state index in [-0.39, 0.29) is 0 Å². The maximum absolute atomic E-state index is 3.61.